The van der Waals surface area contributed by atoms with Gasteiger partial charge in [0, 0.05) is 11.8 Å². The van der Waals surface area contributed by atoms with E-state index in [0.29, 0.717) is 10.8 Å². The van der Waals surface area contributed by atoms with Gasteiger partial charge in [0.25, 0.3) is 0 Å². The molecule has 4 fully saturated rings. The van der Waals surface area contributed by atoms with Gasteiger partial charge in [-0.05, 0) is 132 Å². The van der Waals surface area contributed by atoms with Crippen molar-refractivity contribution in [3.63, 3.8) is 0 Å². The van der Waals surface area contributed by atoms with E-state index in [0.717, 1.165) is 29.1 Å². The molecule has 0 amide bonds. The fourth-order valence-electron chi connectivity index (χ4n) is 9.60. The molecule has 9 rings (SSSR count). The Balaban J connectivity index is 1.25. The molecule has 0 radical (unpaired) electrons. The summed E-state index contributed by atoms with van der Waals surface area (Å²) in [4.78, 5) is 5.09. The van der Waals surface area contributed by atoms with Crippen LogP contribution in [-0.2, 0) is 10.8 Å². The first kappa shape index (κ1) is 17.0. The molecule has 1 aromatic heterocycles. The van der Waals surface area contributed by atoms with Gasteiger partial charge in [-0.3, -0.25) is 4.98 Å². The molecule has 1 heterocycles. The molecule has 1 heteroatoms. The Hall–Kier alpha value is -1.63. The number of benzene rings is 1. The summed E-state index contributed by atoms with van der Waals surface area (Å²) >= 11 is 0. The standard InChI is InChI=1S/C29H33N/c1-27-5-7-28(2,8-6-27)25-11-17(3-4-24(25)27)26-13-22-18-9-20-12-21-10-19(23(22)16-30-26)15-29(20,21)14-18/h3-4,11,13,16,18-21H,5-10,12,14-15H2,1-2H3. The quantitative estimate of drug-likeness (QED) is 0.496. The van der Waals surface area contributed by atoms with E-state index < -0.39 is 0 Å². The number of hydrogen-bond donors (Lipinski definition) is 0. The Morgan fingerprint density at radius 2 is 1.43 bits per heavy atom. The second-order valence-corrected chi connectivity index (χ2v) is 12.7. The minimum Gasteiger partial charge on any atom is -0.256 e. The molecular weight excluding hydrogens is 362 g/mol. The van der Waals surface area contributed by atoms with Crippen LogP contribution in [0.3, 0.4) is 0 Å². The summed E-state index contributed by atoms with van der Waals surface area (Å²) in [5.74, 6) is 3.71. The number of hydrogen-bond acceptors (Lipinski definition) is 1. The highest BCUT2D eigenvalue weighted by molar-refractivity contribution is 5.65. The SMILES string of the molecule is CC12CCC(C)(CC1)c1cc(-c3cc4c(cn3)C3CC5CC6CC4CC56C3)ccc12. The summed E-state index contributed by atoms with van der Waals surface area (Å²) < 4.78 is 0. The first-order valence-corrected chi connectivity index (χ1v) is 12.6. The average Bonchev–Trinajstić information content (AvgIpc) is 3.18. The first-order valence-electron chi connectivity index (χ1n) is 12.6. The van der Waals surface area contributed by atoms with E-state index in [1.165, 1.54) is 69.0 Å². The molecule has 7 aliphatic carbocycles. The van der Waals surface area contributed by atoms with E-state index in [9.17, 15) is 0 Å². The third kappa shape index (κ3) is 1.83. The van der Waals surface area contributed by atoms with E-state index in [-0.39, 0.29) is 0 Å². The number of aromatic nitrogens is 1. The van der Waals surface area contributed by atoms with Gasteiger partial charge >= 0.3 is 0 Å². The van der Waals surface area contributed by atoms with Crippen molar-refractivity contribution in [3.8, 4) is 11.3 Å². The van der Waals surface area contributed by atoms with Crippen LogP contribution in [0.1, 0.15) is 106 Å². The summed E-state index contributed by atoms with van der Waals surface area (Å²) in [5.41, 5.74) is 10.7. The lowest BCUT2D eigenvalue weighted by Gasteiger charge is -2.52. The first-order chi connectivity index (χ1) is 14.5. The zero-order valence-corrected chi connectivity index (χ0v) is 18.5. The van der Waals surface area contributed by atoms with Crippen LogP contribution in [0.2, 0.25) is 0 Å². The maximum atomic E-state index is 5.09. The maximum absolute atomic E-state index is 5.09. The number of nitrogens with zero attached hydrogens (tertiary/aromatic N) is 1. The zero-order valence-electron chi connectivity index (χ0n) is 18.5. The molecule has 5 atom stereocenters. The second-order valence-electron chi connectivity index (χ2n) is 12.7. The maximum Gasteiger partial charge on any atom is 0.0705 e. The van der Waals surface area contributed by atoms with Crippen molar-refractivity contribution < 1.29 is 0 Å². The van der Waals surface area contributed by atoms with Crippen molar-refractivity contribution in [2.45, 2.75) is 94.3 Å². The van der Waals surface area contributed by atoms with Crippen molar-refractivity contribution in [3.05, 3.63) is 52.7 Å². The van der Waals surface area contributed by atoms with Gasteiger partial charge in [0.2, 0.25) is 0 Å². The Morgan fingerprint density at radius 3 is 2.17 bits per heavy atom. The molecule has 154 valence electrons. The van der Waals surface area contributed by atoms with Crippen LogP contribution >= 0.6 is 0 Å². The molecular formula is C29H33N. The largest absolute Gasteiger partial charge is 0.256 e. The topological polar surface area (TPSA) is 12.9 Å². The third-order valence-electron chi connectivity index (χ3n) is 11.5. The highest BCUT2D eigenvalue weighted by Crippen LogP contribution is 2.76. The lowest BCUT2D eigenvalue weighted by Crippen LogP contribution is -2.44. The van der Waals surface area contributed by atoms with Gasteiger partial charge in [0.05, 0.1) is 5.69 Å². The predicted octanol–water partition coefficient (Wildman–Crippen LogP) is 7.24. The molecule has 1 spiro atoms. The van der Waals surface area contributed by atoms with Crippen LogP contribution in [0.5, 0.6) is 0 Å². The summed E-state index contributed by atoms with van der Waals surface area (Å²) in [7, 11) is 0. The molecule has 1 nitrogen and oxygen atoms in total. The summed E-state index contributed by atoms with van der Waals surface area (Å²) in [6, 6.07) is 9.93. The van der Waals surface area contributed by atoms with Crippen LogP contribution in [0.25, 0.3) is 11.3 Å². The molecule has 4 saturated carbocycles. The van der Waals surface area contributed by atoms with Crippen molar-refractivity contribution in [1.82, 2.24) is 4.98 Å². The van der Waals surface area contributed by atoms with E-state index in [1.807, 2.05) is 0 Å². The lowest BCUT2D eigenvalue weighted by atomic mass is 9.52. The van der Waals surface area contributed by atoms with Gasteiger partial charge in [0.1, 0.15) is 0 Å². The fourth-order valence-corrected chi connectivity index (χ4v) is 9.60. The highest BCUT2D eigenvalue weighted by atomic mass is 14.7. The third-order valence-corrected chi connectivity index (χ3v) is 11.5. The Bertz CT molecular complexity index is 1100. The molecule has 0 aliphatic heterocycles. The molecule has 7 aliphatic rings. The van der Waals surface area contributed by atoms with Crippen molar-refractivity contribution in [2.75, 3.05) is 0 Å². The molecule has 5 unspecified atom stereocenters. The minimum atomic E-state index is 0.382. The van der Waals surface area contributed by atoms with Crippen LogP contribution in [0, 0.1) is 17.3 Å². The number of rotatable bonds is 1. The van der Waals surface area contributed by atoms with Gasteiger partial charge in [-0.25, -0.2) is 0 Å². The molecule has 0 saturated heterocycles. The normalized spacial score (nSPS) is 46.2. The van der Waals surface area contributed by atoms with Gasteiger partial charge in [0.15, 0.2) is 0 Å². The smallest absolute Gasteiger partial charge is 0.0705 e. The van der Waals surface area contributed by atoms with Gasteiger partial charge in [-0.15, -0.1) is 0 Å². The van der Waals surface area contributed by atoms with Crippen LogP contribution in [-0.4, -0.2) is 4.98 Å². The number of fused-ring (bicyclic) bond motifs is 7. The molecule has 30 heavy (non-hydrogen) atoms. The van der Waals surface area contributed by atoms with Crippen molar-refractivity contribution in [2.24, 2.45) is 17.3 Å². The Kier molecular flexibility index (Phi) is 2.86. The second kappa shape index (κ2) is 5.05. The molecule has 5 bridgehead atoms. The summed E-state index contributed by atoms with van der Waals surface area (Å²) in [6.07, 6.45) is 15.1. The Labute approximate surface area is 180 Å². The fraction of sp³-hybridized carbons (Fsp3) is 0.621. The van der Waals surface area contributed by atoms with E-state index >= 15 is 0 Å². The van der Waals surface area contributed by atoms with Gasteiger partial charge in [-0.1, -0.05) is 26.0 Å². The number of pyridine rings is 1. The Morgan fingerprint density at radius 1 is 0.767 bits per heavy atom. The lowest BCUT2D eigenvalue weighted by molar-refractivity contribution is 0.00322. The van der Waals surface area contributed by atoms with Crippen LogP contribution in [0.15, 0.2) is 30.5 Å². The van der Waals surface area contributed by atoms with E-state index in [4.69, 9.17) is 4.98 Å². The molecule has 2 aromatic rings. The highest BCUT2D eigenvalue weighted by Gasteiger charge is 2.65. The average molecular weight is 396 g/mol. The van der Waals surface area contributed by atoms with E-state index in [2.05, 4.69) is 44.3 Å². The predicted molar refractivity (Wildman–Crippen MR) is 121 cm³/mol. The summed E-state index contributed by atoms with van der Waals surface area (Å²) in [5, 5.41) is 0. The molecule has 1 aromatic carbocycles. The monoisotopic (exact) mass is 395 g/mol. The summed E-state index contributed by atoms with van der Waals surface area (Å²) in [6.45, 7) is 5.01. The van der Waals surface area contributed by atoms with Crippen LogP contribution < -0.4 is 0 Å². The zero-order chi connectivity index (χ0) is 19.9. The minimum absolute atomic E-state index is 0.382. The van der Waals surface area contributed by atoms with Gasteiger partial charge < -0.3 is 0 Å². The van der Waals surface area contributed by atoms with E-state index in [1.54, 1.807) is 22.3 Å². The van der Waals surface area contributed by atoms with Crippen LogP contribution in [0.4, 0.5) is 0 Å². The molecule has 0 N–H and O–H groups in total. The van der Waals surface area contributed by atoms with Crippen molar-refractivity contribution >= 4 is 0 Å². The van der Waals surface area contributed by atoms with Gasteiger partial charge in [-0.2, -0.15) is 0 Å². The van der Waals surface area contributed by atoms with Crippen molar-refractivity contribution in [1.29, 1.82) is 0 Å².